The number of aliphatic carboxylic acids is 1. The summed E-state index contributed by atoms with van der Waals surface area (Å²) < 4.78 is 0. The van der Waals surface area contributed by atoms with Crippen molar-refractivity contribution in [2.75, 3.05) is 19.6 Å². The maximum atomic E-state index is 11.1. The predicted molar refractivity (Wildman–Crippen MR) is 102 cm³/mol. The molecule has 2 aromatic heterocycles. The molecule has 0 saturated heterocycles. The number of aromatic carboxylic acids is 2. The second-order valence-electron chi connectivity index (χ2n) is 6.27. The Morgan fingerprint density at radius 2 is 1.48 bits per heavy atom. The molecule has 0 fully saturated rings. The Bertz CT molecular complexity index is 873. The van der Waals surface area contributed by atoms with Gasteiger partial charge in [0.05, 0.1) is 17.9 Å². The van der Waals surface area contributed by atoms with Gasteiger partial charge in [-0.3, -0.25) is 9.69 Å². The zero-order valence-electron chi connectivity index (χ0n) is 15.6. The second kappa shape index (κ2) is 10.8. The smallest absolute Gasteiger partial charge is 0.354 e. The SMILES string of the molecule is O=C(O)CN(CCCNCc1cccc(C(=O)O)n1)Cc1cccc(C(=O)O)n1. The molecule has 154 valence electrons. The Morgan fingerprint density at radius 1 is 0.897 bits per heavy atom. The third-order valence-electron chi connectivity index (χ3n) is 3.93. The van der Waals surface area contributed by atoms with E-state index >= 15 is 0 Å². The summed E-state index contributed by atoms with van der Waals surface area (Å²) in [6.07, 6.45) is 0.629. The fourth-order valence-corrected chi connectivity index (χ4v) is 2.66. The molecule has 0 unspecified atom stereocenters. The highest BCUT2D eigenvalue weighted by molar-refractivity contribution is 5.85. The zero-order chi connectivity index (χ0) is 21.2. The van der Waals surface area contributed by atoms with E-state index in [-0.39, 0.29) is 24.5 Å². The summed E-state index contributed by atoms with van der Waals surface area (Å²) in [7, 11) is 0. The minimum absolute atomic E-state index is 0.0203. The molecule has 10 heteroatoms. The standard InChI is InChI=1S/C19H22N4O6/c24-17(25)12-23(11-14-5-2-7-16(22-14)19(28)29)9-3-8-20-10-13-4-1-6-15(21-13)18(26)27/h1-2,4-7,20H,3,8-12H2,(H,24,25)(H,26,27)(H,28,29). The van der Waals surface area contributed by atoms with E-state index in [1.54, 1.807) is 29.2 Å². The van der Waals surface area contributed by atoms with Crippen molar-refractivity contribution in [3.8, 4) is 0 Å². The van der Waals surface area contributed by atoms with Crippen molar-refractivity contribution in [3.05, 3.63) is 59.2 Å². The fourth-order valence-electron chi connectivity index (χ4n) is 2.66. The van der Waals surface area contributed by atoms with Crippen molar-refractivity contribution < 1.29 is 29.7 Å². The third kappa shape index (κ3) is 7.64. The quantitative estimate of drug-likeness (QED) is 0.377. The van der Waals surface area contributed by atoms with Crippen molar-refractivity contribution in [1.29, 1.82) is 0 Å². The van der Waals surface area contributed by atoms with Gasteiger partial charge >= 0.3 is 17.9 Å². The topological polar surface area (TPSA) is 153 Å². The Morgan fingerprint density at radius 3 is 2.07 bits per heavy atom. The molecule has 10 nitrogen and oxygen atoms in total. The minimum Gasteiger partial charge on any atom is -0.480 e. The predicted octanol–water partition coefficient (Wildman–Crippen LogP) is 0.939. The number of pyridine rings is 2. The molecule has 0 bridgehead atoms. The third-order valence-corrected chi connectivity index (χ3v) is 3.93. The normalized spacial score (nSPS) is 10.8. The van der Waals surface area contributed by atoms with E-state index in [9.17, 15) is 14.4 Å². The van der Waals surface area contributed by atoms with Gasteiger partial charge in [-0.05, 0) is 37.2 Å². The van der Waals surface area contributed by atoms with Crippen LogP contribution in [0.1, 0.15) is 38.8 Å². The van der Waals surface area contributed by atoms with Crippen LogP contribution in [0.5, 0.6) is 0 Å². The van der Waals surface area contributed by atoms with Gasteiger partial charge in [0, 0.05) is 19.6 Å². The minimum atomic E-state index is -1.14. The molecular formula is C19H22N4O6. The van der Waals surface area contributed by atoms with Gasteiger partial charge in [0.2, 0.25) is 0 Å². The molecule has 0 aromatic carbocycles. The van der Waals surface area contributed by atoms with Gasteiger partial charge in [0.25, 0.3) is 0 Å². The van der Waals surface area contributed by atoms with Gasteiger partial charge in [-0.25, -0.2) is 19.6 Å². The fraction of sp³-hybridized carbons (Fsp3) is 0.316. The van der Waals surface area contributed by atoms with Gasteiger partial charge in [-0.15, -0.1) is 0 Å². The first kappa shape index (κ1) is 21.9. The molecular weight excluding hydrogens is 380 g/mol. The van der Waals surface area contributed by atoms with Gasteiger partial charge < -0.3 is 20.6 Å². The van der Waals surface area contributed by atoms with Crippen molar-refractivity contribution in [2.45, 2.75) is 19.5 Å². The Hall–Kier alpha value is -3.37. The van der Waals surface area contributed by atoms with Crippen LogP contribution in [0, 0.1) is 0 Å². The Labute approximate surface area is 166 Å². The van der Waals surface area contributed by atoms with E-state index in [1.807, 2.05) is 0 Å². The summed E-state index contributed by atoms with van der Waals surface area (Å²) in [6, 6.07) is 9.37. The molecule has 0 aliphatic heterocycles. The summed E-state index contributed by atoms with van der Waals surface area (Å²) in [5.41, 5.74) is 0.972. The number of aromatic nitrogens is 2. The lowest BCUT2D eigenvalue weighted by Crippen LogP contribution is -2.32. The van der Waals surface area contributed by atoms with Crippen molar-refractivity contribution >= 4 is 17.9 Å². The maximum absolute atomic E-state index is 11.1. The molecule has 0 aliphatic carbocycles. The summed E-state index contributed by atoms with van der Waals surface area (Å²) in [5, 5.41) is 30.2. The zero-order valence-corrected chi connectivity index (χ0v) is 15.6. The number of carbonyl (C=O) groups is 3. The lowest BCUT2D eigenvalue weighted by molar-refractivity contribution is -0.138. The van der Waals surface area contributed by atoms with Crippen LogP contribution in [0.2, 0.25) is 0 Å². The number of carboxylic acids is 3. The van der Waals surface area contributed by atoms with Crippen LogP contribution in [0.4, 0.5) is 0 Å². The molecule has 4 N–H and O–H groups in total. The lowest BCUT2D eigenvalue weighted by atomic mass is 10.2. The van der Waals surface area contributed by atoms with E-state index < -0.39 is 17.9 Å². The summed E-state index contributed by atoms with van der Waals surface area (Å²) in [5.74, 6) is -3.21. The molecule has 0 atom stereocenters. The first-order chi connectivity index (χ1) is 13.8. The number of hydrogen-bond acceptors (Lipinski definition) is 7. The first-order valence-corrected chi connectivity index (χ1v) is 8.88. The maximum Gasteiger partial charge on any atom is 0.354 e. The Kier molecular flexibility index (Phi) is 8.19. The molecule has 2 rings (SSSR count). The Balaban J connectivity index is 1.83. The average Bonchev–Trinajstić information content (AvgIpc) is 2.67. The van der Waals surface area contributed by atoms with Gasteiger partial charge in [-0.1, -0.05) is 12.1 Å². The van der Waals surface area contributed by atoms with E-state index in [0.717, 1.165) is 0 Å². The highest BCUT2D eigenvalue weighted by atomic mass is 16.4. The lowest BCUT2D eigenvalue weighted by Gasteiger charge is -2.20. The number of rotatable bonds is 12. The van der Waals surface area contributed by atoms with Crippen LogP contribution in [0.25, 0.3) is 0 Å². The van der Waals surface area contributed by atoms with Crippen LogP contribution in [-0.2, 0) is 17.9 Å². The van der Waals surface area contributed by atoms with E-state index in [4.69, 9.17) is 15.3 Å². The van der Waals surface area contributed by atoms with Crippen molar-refractivity contribution in [1.82, 2.24) is 20.2 Å². The van der Waals surface area contributed by atoms with Gasteiger partial charge in [0.1, 0.15) is 11.4 Å². The van der Waals surface area contributed by atoms with Crippen LogP contribution in [0.3, 0.4) is 0 Å². The molecule has 0 saturated carbocycles. The largest absolute Gasteiger partial charge is 0.480 e. The number of carboxylic acid groups (broad SMARTS) is 3. The van der Waals surface area contributed by atoms with Crippen molar-refractivity contribution in [2.24, 2.45) is 0 Å². The van der Waals surface area contributed by atoms with E-state index in [1.165, 1.54) is 12.1 Å². The monoisotopic (exact) mass is 402 g/mol. The molecule has 0 radical (unpaired) electrons. The van der Waals surface area contributed by atoms with Gasteiger partial charge in [0.15, 0.2) is 0 Å². The van der Waals surface area contributed by atoms with Crippen LogP contribution in [-0.4, -0.2) is 67.7 Å². The van der Waals surface area contributed by atoms with Crippen LogP contribution >= 0.6 is 0 Å². The van der Waals surface area contributed by atoms with E-state index in [2.05, 4.69) is 15.3 Å². The van der Waals surface area contributed by atoms with Gasteiger partial charge in [-0.2, -0.15) is 0 Å². The summed E-state index contributed by atoms with van der Waals surface area (Å²) in [6.45, 7) is 1.44. The first-order valence-electron chi connectivity index (χ1n) is 8.88. The van der Waals surface area contributed by atoms with Crippen LogP contribution in [0.15, 0.2) is 36.4 Å². The average molecular weight is 402 g/mol. The second-order valence-corrected chi connectivity index (χ2v) is 6.27. The van der Waals surface area contributed by atoms with E-state index in [0.29, 0.717) is 37.4 Å². The molecule has 0 aliphatic rings. The highest BCUT2D eigenvalue weighted by Gasteiger charge is 2.13. The van der Waals surface area contributed by atoms with Crippen molar-refractivity contribution in [3.63, 3.8) is 0 Å². The number of nitrogens with one attached hydrogen (secondary N) is 1. The van der Waals surface area contributed by atoms with Crippen LogP contribution < -0.4 is 5.32 Å². The molecule has 0 spiro atoms. The molecule has 2 heterocycles. The summed E-state index contributed by atoms with van der Waals surface area (Å²) in [4.78, 5) is 42.8. The highest BCUT2D eigenvalue weighted by Crippen LogP contribution is 2.05. The number of hydrogen-bond donors (Lipinski definition) is 4. The molecule has 29 heavy (non-hydrogen) atoms. The molecule has 0 amide bonds. The summed E-state index contributed by atoms with van der Waals surface area (Å²) >= 11 is 0. The number of nitrogens with zero attached hydrogens (tertiary/aromatic N) is 3. The molecule has 2 aromatic rings.